The molecule has 21 heavy (non-hydrogen) atoms. The van der Waals surface area contributed by atoms with Crippen molar-refractivity contribution in [3.8, 4) is 0 Å². The Bertz CT molecular complexity index is 499. The van der Waals surface area contributed by atoms with Crippen LogP contribution in [0.15, 0.2) is 0 Å². The van der Waals surface area contributed by atoms with Crippen molar-refractivity contribution in [2.75, 3.05) is 6.61 Å². The highest BCUT2D eigenvalue weighted by Crippen LogP contribution is 2.35. The van der Waals surface area contributed by atoms with Crippen LogP contribution in [0, 0.1) is 0 Å². The second kappa shape index (κ2) is 5.97. The molecule has 1 saturated carbocycles. The molecule has 0 unspecified atom stereocenters. The van der Waals surface area contributed by atoms with E-state index in [4.69, 9.17) is 0 Å². The Balaban J connectivity index is 1.77. The van der Waals surface area contributed by atoms with Gasteiger partial charge < -0.3 is 15.3 Å². The largest absolute Gasteiger partial charge is 0.394 e. The Morgan fingerprint density at radius 3 is 2.71 bits per heavy atom. The molecule has 116 valence electrons. The SMILES string of the molecule is Cn1nnnc1[C@@H]1CC[C@@H](CO)N1C(=O)NC1CCCC1. The van der Waals surface area contributed by atoms with Crippen LogP contribution < -0.4 is 5.32 Å². The minimum atomic E-state index is -0.163. The molecule has 8 nitrogen and oxygen atoms in total. The Morgan fingerprint density at radius 1 is 1.33 bits per heavy atom. The zero-order valence-corrected chi connectivity index (χ0v) is 12.3. The predicted molar refractivity (Wildman–Crippen MR) is 74.3 cm³/mol. The van der Waals surface area contributed by atoms with Crippen LogP contribution >= 0.6 is 0 Å². The number of carbonyl (C=O) groups is 1. The fraction of sp³-hybridized carbons (Fsp3) is 0.846. The van der Waals surface area contributed by atoms with Crippen molar-refractivity contribution in [3.05, 3.63) is 5.82 Å². The first-order chi connectivity index (χ1) is 10.2. The Labute approximate surface area is 123 Å². The highest BCUT2D eigenvalue weighted by molar-refractivity contribution is 5.75. The van der Waals surface area contributed by atoms with Gasteiger partial charge in [-0.2, -0.15) is 0 Å². The standard InChI is InChI=1S/C13H22N6O2/c1-18-12(15-16-17-18)11-7-6-10(8-20)19(11)13(21)14-9-4-2-3-5-9/h9-11,20H,2-8H2,1H3,(H,14,21)/t10-,11-/m0/s1. The number of tetrazole rings is 1. The first kappa shape index (κ1) is 14.2. The maximum Gasteiger partial charge on any atom is 0.318 e. The molecule has 1 aliphatic heterocycles. The second-order valence-electron chi connectivity index (χ2n) is 5.93. The zero-order valence-electron chi connectivity index (χ0n) is 12.3. The molecule has 2 fully saturated rings. The van der Waals surface area contributed by atoms with Crippen molar-refractivity contribution >= 4 is 6.03 Å². The number of aromatic nitrogens is 4. The van der Waals surface area contributed by atoms with Gasteiger partial charge in [-0.15, -0.1) is 5.10 Å². The smallest absolute Gasteiger partial charge is 0.318 e. The molecule has 2 amide bonds. The summed E-state index contributed by atoms with van der Waals surface area (Å²) in [5, 5.41) is 24.2. The van der Waals surface area contributed by atoms with Crippen molar-refractivity contribution < 1.29 is 9.90 Å². The third-order valence-corrected chi connectivity index (χ3v) is 4.58. The molecule has 0 aromatic carbocycles. The maximum atomic E-state index is 12.6. The molecule has 2 heterocycles. The fourth-order valence-corrected chi connectivity index (χ4v) is 3.46. The fourth-order valence-electron chi connectivity index (χ4n) is 3.46. The van der Waals surface area contributed by atoms with E-state index < -0.39 is 0 Å². The molecular formula is C13H22N6O2. The summed E-state index contributed by atoms with van der Waals surface area (Å²) in [7, 11) is 1.77. The van der Waals surface area contributed by atoms with Crippen molar-refractivity contribution in [2.24, 2.45) is 7.05 Å². The molecule has 2 N–H and O–H groups in total. The molecular weight excluding hydrogens is 272 g/mol. The Kier molecular flexibility index (Phi) is 4.05. The summed E-state index contributed by atoms with van der Waals surface area (Å²) in [5.41, 5.74) is 0. The van der Waals surface area contributed by atoms with Crippen LogP contribution in [0.1, 0.15) is 50.4 Å². The summed E-state index contributed by atoms with van der Waals surface area (Å²) in [5.74, 6) is 0.674. The minimum absolute atomic E-state index is 0.0279. The molecule has 0 spiro atoms. The number of likely N-dealkylation sites (tertiary alicyclic amines) is 1. The van der Waals surface area contributed by atoms with Gasteiger partial charge in [-0.1, -0.05) is 12.8 Å². The molecule has 0 bridgehead atoms. The maximum absolute atomic E-state index is 12.6. The van der Waals surface area contributed by atoms with Crippen molar-refractivity contribution in [1.82, 2.24) is 30.4 Å². The van der Waals surface area contributed by atoms with Crippen molar-refractivity contribution in [2.45, 2.75) is 56.7 Å². The van der Waals surface area contributed by atoms with Gasteiger partial charge in [-0.25, -0.2) is 9.48 Å². The molecule has 2 atom stereocenters. The lowest BCUT2D eigenvalue weighted by atomic mass is 10.2. The first-order valence-electron chi connectivity index (χ1n) is 7.62. The number of nitrogens with one attached hydrogen (secondary N) is 1. The average Bonchev–Trinajstić information content (AvgIpc) is 3.17. The van der Waals surface area contributed by atoms with E-state index in [9.17, 15) is 9.90 Å². The first-order valence-corrected chi connectivity index (χ1v) is 7.62. The van der Waals surface area contributed by atoms with Crippen LogP contribution in [0.2, 0.25) is 0 Å². The van der Waals surface area contributed by atoms with Gasteiger partial charge in [0.1, 0.15) is 0 Å². The van der Waals surface area contributed by atoms with Gasteiger partial charge in [0.05, 0.1) is 18.7 Å². The summed E-state index contributed by atoms with van der Waals surface area (Å²) in [6.07, 6.45) is 5.97. The van der Waals surface area contributed by atoms with Crippen molar-refractivity contribution in [1.29, 1.82) is 0 Å². The molecule has 1 aliphatic carbocycles. The molecule has 3 rings (SSSR count). The Hall–Kier alpha value is -1.70. The van der Waals surface area contributed by atoms with E-state index in [0.29, 0.717) is 5.82 Å². The molecule has 0 radical (unpaired) electrons. The number of carbonyl (C=O) groups excluding carboxylic acids is 1. The van der Waals surface area contributed by atoms with Crippen LogP contribution in [-0.2, 0) is 7.05 Å². The minimum Gasteiger partial charge on any atom is -0.394 e. The van der Waals surface area contributed by atoms with Gasteiger partial charge in [-0.05, 0) is 36.1 Å². The zero-order chi connectivity index (χ0) is 14.8. The number of aliphatic hydroxyl groups excluding tert-OH is 1. The number of aliphatic hydroxyl groups is 1. The lowest BCUT2D eigenvalue weighted by molar-refractivity contribution is 0.132. The van der Waals surface area contributed by atoms with E-state index in [2.05, 4.69) is 20.8 Å². The average molecular weight is 294 g/mol. The monoisotopic (exact) mass is 294 g/mol. The van der Waals surface area contributed by atoms with Gasteiger partial charge in [0.2, 0.25) is 0 Å². The van der Waals surface area contributed by atoms with Crippen LogP contribution in [0.5, 0.6) is 0 Å². The molecule has 2 aliphatic rings. The highest BCUT2D eigenvalue weighted by atomic mass is 16.3. The third-order valence-electron chi connectivity index (χ3n) is 4.58. The number of aryl methyl sites for hydroxylation is 1. The molecule has 1 aromatic rings. The number of hydrogen-bond acceptors (Lipinski definition) is 5. The lowest BCUT2D eigenvalue weighted by Gasteiger charge is -2.30. The van der Waals surface area contributed by atoms with E-state index in [1.165, 1.54) is 12.8 Å². The van der Waals surface area contributed by atoms with Crippen LogP contribution in [-0.4, -0.2) is 54.9 Å². The predicted octanol–water partition coefficient (Wildman–Crippen LogP) is 0.360. The normalized spacial score (nSPS) is 26.5. The van der Waals surface area contributed by atoms with Crippen LogP contribution in [0.4, 0.5) is 4.79 Å². The van der Waals surface area contributed by atoms with Crippen LogP contribution in [0.25, 0.3) is 0 Å². The Morgan fingerprint density at radius 2 is 2.10 bits per heavy atom. The number of rotatable bonds is 3. The van der Waals surface area contributed by atoms with Gasteiger partial charge in [0.15, 0.2) is 5.82 Å². The lowest BCUT2D eigenvalue weighted by Crippen LogP contribution is -2.48. The van der Waals surface area contributed by atoms with E-state index in [1.807, 2.05) is 0 Å². The summed E-state index contributed by atoms with van der Waals surface area (Å²) >= 11 is 0. The van der Waals surface area contributed by atoms with E-state index in [1.54, 1.807) is 16.6 Å². The summed E-state index contributed by atoms with van der Waals surface area (Å²) in [4.78, 5) is 14.3. The van der Waals surface area contributed by atoms with Crippen molar-refractivity contribution in [3.63, 3.8) is 0 Å². The molecule has 1 saturated heterocycles. The van der Waals surface area contributed by atoms with E-state index in [-0.39, 0.29) is 30.8 Å². The topological polar surface area (TPSA) is 96.2 Å². The summed E-state index contributed by atoms with van der Waals surface area (Å²) in [6.45, 7) is -0.0279. The van der Waals surface area contributed by atoms with Crippen LogP contribution in [0.3, 0.4) is 0 Å². The van der Waals surface area contributed by atoms with Gasteiger partial charge in [-0.3, -0.25) is 0 Å². The molecule has 1 aromatic heterocycles. The summed E-state index contributed by atoms with van der Waals surface area (Å²) < 4.78 is 1.60. The third kappa shape index (κ3) is 2.72. The summed E-state index contributed by atoms with van der Waals surface area (Å²) in [6, 6.07) is -0.168. The van der Waals surface area contributed by atoms with E-state index >= 15 is 0 Å². The molecule has 8 heteroatoms. The van der Waals surface area contributed by atoms with Gasteiger partial charge in [0, 0.05) is 13.1 Å². The number of amides is 2. The van der Waals surface area contributed by atoms with E-state index in [0.717, 1.165) is 25.7 Å². The quantitative estimate of drug-likeness (QED) is 0.839. The highest BCUT2D eigenvalue weighted by Gasteiger charge is 2.40. The number of nitrogens with zero attached hydrogens (tertiary/aromatic N) is 5. The van der Waals surface area contributed by atoms with Gasteiger partial charge >= 0.3 is 6.03 Å². The van der Waals surface area contributed by atoms with Gasteiger partial charge in [0.25, 0.3) is 0 Å². The number of hydrogen-bond donors (Lipinski definition) is 2. The number of urea groups is 1. The second-order valence-corrected chi connectivity index (χ2v) is 5.93.